The van der Waals surface area contributed by atoms with Crippen LogP contribution in [-0.4, -0.2) is 24.6 Å². The summed E-state index contributed by atoms with van der Waals surface area (Å²) in [6.45, 7) is 2.54. The number of ether oxygens (including phenoxy) is 1. The SMILES string of the molecule is CCCCCCCCCC(=O)NCC(=O)N/N=C\c1ccccc1OCc1ccc(Br)cc1. The average molecular weight is 516 g/mol. The number of carbonyl (C=O) groups is 2. The zero-order valence-electron chi connectivity index (χ0n) is 19.3. The van der Waals surface area contributed by atoms with Crippen LogP contribution < -0.4 is 15.5 Å². The minimum Gasteiger partial charge on any atom is -0.488 e. The maximum Gasteiger partial charge on any atom is 0.259 e. The number of nitrogens with one attached hydrogen (secondary N) is 2. The number of nitrogens with zero attached hydrogens (tertiary/aromatic N) is 1. The molecule has 2 amide bonds. The lowest BCUT2D eigenvalue weighted by molar-refractivity contribution is -0.126. The molecule has 0 unspecified atom stereocenters. The molecular weight excluding hydrogens is 482 g/mol. The molecule has 2 aromatic rings. The normalized spacial score (nSPS) is 10.8. The molecule has 0 saturated heterocycles. The van der Waals surface area contributed by atoms with E-state index in [0.717, 1.165) is 34.9 Å². The van der Waals surface area contributed by atoms with Gasteiger partial charge in [-0.05, 0) is 36.2 Å². The molecule has 178 valence electrons. The molecule has 7 heteroatoms. The third kappa shape index (κ3) is 11.7. The first kappa shape index (κ1) is 26.6. The lowest BCUT2D eigenvalue weighted by Crippen LogP contribution is -2.34. The molecule has 0 aliphatic heterocycles. The van der Waals surface area contributed by atoms with Crippen molar-refractivity contribution in [2.75, 3.05) is 6.54 Å². The van der Waals surface area contributed by atoms with Crippen LogP contribution in [0.5, 0.6) is 5.75 Å². The number of hydrazone groups is 1. The van der Waals surface area contributed by atoms with Gasteiger partial charge in [0.05, 0.1) is 12.8 Å². The fourth-order valence-electron chi connectivity index (χ4n) is 3.18. The third-order valence-electron chi connectivity index (χ3n) is 5.07. The van der Waals surface area contributed by atoms with Gasteiger partial charge < -0.3 is 10.1 Å². The largest absolute Gasteiger partial charge is 0.488 e. The van der Waals surface area contributed by atoms with E-state index < -0.39 is 0 Å². The van der Waals surface area contributed by atoms with Crippen molar-refractivity contribution in [1.82, 2.24) is 10.7 Å². The summed E-state index contributed by atoms with van der Waals surface area (Å²) < 4.78 is 6.91. The molecule has 2 rings (SSSR count). The Bertz CT molecular complexity index is 885. The van der Waals surface area contributed by atoms with Crippen molar-refractivity contribution >= 4 is 34.0 Å². The quantitative estimate of drug-likeness (QED) is 0.180. The van der Waals surface area contributed by atoms with E-state index in [1.807, 2.05) is 48.5 Å². The Morgan fingerprint density at radius 3 is 2.39 bits per heavy atom. The Hall–Kier alpha value is -2.67. The molecule has 0 radical (unpaired) electrons. The van der Waals surface area contributed by atoms with Gasteiger partial charge in [-0.2, -0.15) is 5.10 Å². The van der Waals surface area contributed by atoms with E-state index in [1.165, 1.54) is 31.9 Å². The first-order valence-electron chi connectivity index (χ1n) is 11.6. The molecule has 0 aliphatic carbocycles. The molecule has 0 spiro atoms. The van der Waals surface area contributed by atoms with Gasteiger partial charge in [-0.1, -0.05) is 85.6 Å². The standard InChI is InChI=1S/C26H34BrN3O3/c1-2-3-4-5-6-7-8-13-25(31)28-19-26(32)30-29-18-22-11-9-10-12-24(22)33-20-21-14-16-23(27)17-15-21/h9-12,14-18H,2-8,13,19-20H2,1H3,(H,28,31)(H,30,32)/b29-18-. The first-order valence-corrected chi connectivity index (χ1v) is 12.4. The molecule has 0 heterocycles. The number of para-hydroxylation sites is 1. The Kier molecular flexibility index (Phi) is 12.9. The Morgan fingerprint density at radius 1 is 0.939 bits per heavy atom. The maximum atomic E-state index is 12.0. The van der Waals surface area contributed by atoms with Gasteiger partial charge in [0.15, 0.2) is 0 Å². The molecule has 0 atom stereocenters. The van der Waals surface area contributed by atoms with Crippen LogP contribution in [0, 0.1) is 0 Å². The van der Waals surface area contributed by atoms with Crippen molar-refractivity contribution in [1.29, 1.82) is 0 Å². The lowest BCUT2D eigenvalue weighted by atomic mass is 10.1. The summed E-state index contributed by atoms with van der Waals surface area (Å²) in [4.78, 5) is 23.8. The molecule has 0 aromatic heterocycles. The monoisotopic (exact) mass is 515 g/mol. The lowest BCUT2D eigenvalue weighted by Gasteiger charge is -2.09. The molecule has 2 N–H and O–H groups in total. The van der Waals surface area contributed by atoms with E-state index >= 15 is 0 Å². The van der Waals surface area contributed by atoms with Crippen molar-refractivity contribution in [2.24, 2.45) is 5.10 Å². The van der Waals surface area contributed by atoms with Gasteiger partial charge in [0.1, 0.15) is 12.4 Å². The van der Waals surface area contributed by atoms with Crippen molar-refractivity contribution < 1.29 is 14.3 Å². The van der Waals surface area contributed by atoms with Crippen LogP contribution in [0.4, 0.5) is 0 Å². The van der Waals surface area contributed by atoms with Crippen LogP contribution in [0.25, 0.3) is 0 Å². The smallest absolute Gasteiger partial charge is 0.259 e. The number of unbranched alkanes of at least 4 members (excludes halogenated alkanes) is 6. The molecule has 0 saturated carbocycles. The maximum absolute atomic E-state index is 12.0. The molecule has 0 aliphatic rings. The van der Waals surface area contributed by atoms with Crippen LogP contribution in [-0.2, 0) is 16.2 Å². The summed E-state index contributed by atoms with van der Waals surface area (Å²) in [7, 11) is 0. The summed E-state index contributed by atoms with van der Waals surface area (Å²) in [5.74, 6) is 0.197. The summed E-state index contributed by atoms with van der Waals surface area (Å²) in [5.41, 5.74) is 4.24. The van der Waals surface area contributed by atoms with Crippen LogP contribution in [0.1, 0.15) is 69.4 Å². The zero-order chi connectivity index (χ0) is 23.7. The number of hydrogen-bond donors (Lipinski definition) is 2. The number of benzene rings is 2. The summed E-state index contributed by atoms with van der Waals surface area (Å²) >= 11 is 3.42. The molecular formula is C26H34BrN3O3. The van der Waals surface area contributed by atoms with E-state index in [4.69, 9.17) is 4.74 Å². The highest BCUT2D eigenvalue weighted by atomic mass is 79.9. The number of hydrogen-bond acceptors (Lipinski definition) is 4. The predicted octanol–water partition coefficient (Wildman–Crippen LogP) is 5.74. The number of carbonyl (C=O) groups excluding carboxylic acids is 2. The Labute approximate surface area is 205 Å². The molecule has 6 nitrogen and oxygen atoms in total. The van der Waals surface area contributed by atoms with Gasteiger partial charge in [0, 0.05) is 16.5 Å². The van der Waals surface area contributed by atoms with E-state index in [-0.39, 0.29) is 18.4 Å². The van der Waals surface area contributed by atoms with Crippen LogP contribution in [0.2, 0.25) is 0 Å². The fraction of sp³-hybridized carbons (Fsp3) is 0.423. The number of rotatable bonds is 15. The molecule has 0 fully saturated rings. The van der Waals surface area contributed by atoms with E-state index in [0.29, 0.717) is 18.8 Å². The zero-order valence-corrected chi connectivity index (χ0v) is 20.9. The second-order valence-electron chi connectivity index (χ2n) is 7.89. The van der Waals surface area contributed by atoms with Gasteiger partial charge in [-0.25, -0.2) is 5.43 Å². The van der Waals surface area contributed by atoms with Gasteiger partial charge in [0.25, 0.3) is 5.91 Å². The van der Waals surface area contributed by atoms with E-state index in [1.54, 1.807) is 0 Å². The van der Waals surface area contributed by atoms with Gasteiger partial charge >= 0.3 is 0 Å². The van der Waals surface area contributed by atoms with Crippen molar-refractivity contribution in [2.45, 2.75) is 64.9 Å². The van der Waals surface area contributed by atoms with Crippen LogP contribution in [0.15, 0.2) is 58.1 Å². The summed E-state index contributed by atoms with van der Waals surface area (Å²) in [6, 6.07) is 15.4. The summed E-state index contributed by atoms with van der Waals surface area (Å²) in [5, 5.41) is 6.64. The average Bonchev–Trinajstić information content (AvgIpc) is 2.82. The van der Waals surface area contributed by atoms with E-state index in [9.17, 15) is 9.59 Å². The van der Waals surface area contributed by atoms with Crippen molar-refractivity contribution in [3.8, 4) is 5.75 Å². The Balaban J connectivity index is 1.67. The van der Waals surface area contributed by atoms with E-state index in [2.05, 4.69) is 38.7 Å². The second-order valence-corrected chi connectivity index (χ2v) is 8.81. The highest BCUT2D eigenvalue weighted by Crippen LogP contribution is 2.18. The molecule has 33 heavy (non-hydrogen) atoms. The number of halogens is 1. The first-order chi connectivity index (χ1) is 16.1. The van der Waals surface area contributed by atoms with Gasteiger partial charge in [0.2, 0.25) is 5.91 Å². The van der Waals surface area contributed by atoms with Crippen molar-refractivity contribution in [3.63, 3.8) is 0 Å². The molecule has 2 aromatic carbocycles. The van der Waals surface area contributed by atoms with Gasteiger partial charge in [-0.15, -0.1) is 0 Å². The van der Waals surface area contributed by atoms with Gasteiger partial charge in [-0.3, -0.25) is 9.59 Å². The predicted molar refractivity (Wildman–Crippen MR) is 136 cm³/mol. The third-order valence-corrected chi connectivity index (χ3v) is 5.60. The highest BCUT2D eigenvalue weighted by Gasteiger charge is 2.05. The second kappa shape index (κ2) is 16.0. The minimum absolute atomic E-state index is 0.0889. The molecule has 0 bridgehead atoms. The fourth-order valence-corrected chi connectivity index (χ4v) is 3.45. The minimum atomic E-state index is -0.368. The van der Waals surface area contributed by atoms with Crippen molar-refractivity contribution in [3.05, 3.63) is 64.1 Å². The summed E-state index contributed by atoms with van der Waals surface area (Å²) in [6.07, 6.45) is 10.1. The Morgan fingerprint density at radius 2 is 1.64 bits per heavy atom. The topological polar surface area (TPSA) is 79.8 Å². The number of amides is 2. The van der Waals surface area contributed by atoms with Crippen LogP contribution >= 0.6 is 15.9 Å². The highest BCUT2D eigenvalue weighted by molar-refractivity contribution is 9.10. The van der Waals surface area contributed by atoms with Crippen LogP contribution in [0.3, 0.4) is 0 Å².